The van der Waals surface area contributed by atoms with Crippen LogP contribution >= 0.6 is 27.3 Å². The summed E-state index contributed by atoms with van der Waals surface area (Å²) >= 11 is 5.57. The number of thiophene rings is 1. The van der Waals surface area contributed by atoms with E-state index < -0.39 is 0 Å². The molecule has 3 heteroatoms. The second-order valence-corrected chi connectivity index (χ2v) is 8.48. The number of fused-ring (bicyclic) bond motifs is 1. The van der Waals surface area contributed by atoms with Crippen molar-refractivity contribution in [2.45, 2.75) is 57.9 Å². The first-order valence-corrected chi connectivity index (χ1v) is 8.85. The standard InChI is InChI=1S/C15H22BrNS/c1-2-15(7-4-8-15)10-17-12-5-3-6-13-11(12)9-14(16)18-13/h9,12,17H,2-8,10H2,1H3. The highest BCUT2D eigenvalue weighted by molar-refractivity contribution is 9.11. The molecule has 1 N–H and O–H groups in total. The first-order valence-electron chi connectivity index (χ1n) is 7.24. The number of hydrogen-bond donors (Lipinski definition) is 1. The lowest BCUT2D eigenvalue weighted by Gasteiger charge is -2.43. The van der Waals surface area contributed by atoms with E-state index in [1.807, 2.05) is 11.3 Å². The van der Waals surface area contributed by atoms with Crippen molar-refractivity contribution in [3.05, 3.63) is 20.3 Å². The second kappa shape index (κ2) is 5.26. The van der Waals surface area contributed by atoms with Crippen molar-refractivity contribution >= 4 is 27.3 Å². The molecule has 1 unspecified atom stereocenters. The van der Waals surface area contributed by atoms with Gasteiger partial charge in [0.25, 0.3) is 0 Å². The van der Waals surface area contributed by atoms with Crippen molar-refractivity contribution < 1.29 is 0 Å². The van der Waals surface area contributed by atoms with E-state index in [1.165, 1.54) is 55.3 Å². The van der Waals surface area contributed by atoms with Crippen molar-refractivity contribution in [1.82, 2.24) is 5.32 Å². The van der Waals surface area contributed by atoms with Gasteiger partial charge in [-0.15, -0.1) is 11.3 Å². The Balaban J connectivity index is 1.67. The van der Waals surface area contributed by atoms with Gasteiger partial charge in [-0.1, -0.05) is 13.3 Å². The summed E-state index contributed by atoms with van der Waals surface area (Å²) in [5, 5.41) is 3.87. The van der Waals surface area contributed by atoms with E-state index in [2.05, 4.69) is 34.2 Å². The van der Waals surface area contributed by atoms with E-state index in [0.717, 1.165) is 0 Å². The van der Waals surface area contributed by atoms with Crippen molar-refractivity contribution in [3.8, 4) is 0 Å². The molecule has 0 bridgehead atoms. The van der Waals surface area contributed by atoms with Gasteiger partial charge in [0.05, 0.1) is 3.79 Å². The van der Waals surface area contributed by atoms with E-state index in [9.17, 15) is 0 Å². The molecule has 0 aromatic carbocycles. The van der Waals surface area contributed by atoms with Gasteiger partial charge in [0.15, 0.2) is 0 Å². The van der Waals surface area contributed by atoms with Crippen LogP contribution in [0.4, 0.5) is 0 Å². The minimum Gasteiger partial charge on any atom is -0.309 e. The highest BCUT2D eigenvalue weighted by Crippen LogP contribution is 2.44. The van der Waals surface area contributed by atoms with Crippen LogP contribution in [0.3, 0.4) is 0 Å². The lowest BCUT2D eigenvalue weighted by molar-refractivity contribution is 0.117. The van der Waals surface area contributed by atoms with E-state index in [0.29, 0.717) is 11.5 Å². The quantitative estimate of drug-likeness (QED) is 0.815. The van der Waals surface area contributed by atoms with Crippen molar-refractivity contribution in [1.29, 1.82) is 0 Å². The Morgan fingerprint density at radius 1 is 1.44 bits per heavy atom. The fourth-order valence-electron chi connectivity index (χ4n) is 3.41. The molecule has 1 aromatic rings. The summed E-state index contributed by atoms with van der Waals surface area (Å²) in [6.07, 6.45) is 9.59. The van der Waals surface area contributed by atoms with Crippen LogP contribution in [0.1, 0.15) is 61.9 Å². The molecule has 100 valence electrons. The Bertz CT molecular complexity index is 417. The average Bonchev–Trinajstić information content (AvgIpc) is 2.69. The molecule has 1 aromatic heterocycles. The molecule has 0 saturated heterocycles. The Morgan fingerprint density at radius 2 is 2.28 bits per heavy atom. The van der Waals surface area contributed by atoms with Crippen molar-refractivity contribution in [2.24, 2.45) is 5.41 Å². The summed E-state index contributed by atoms with van der Waals surface area (Å²) in [7, 11) is 0. The van der Waals surface area contributed by atoms with E-state index in [-0.39, 0.29) is 0 Å². The van der Waals surface area contributed by atoms with Gasteiger partial charge in [-0.05, 0) is 71.5 Å². The Kier molecular flexibility index (Phi) is 3.84. The monoisotopic (exact) mass is 327 g/mol. The Labute approximate surface area is 122 Å². The van der Waals surface area contributed by atoms with Crippen molar-refractivity contribution in [2.75, 3.05) is 6.54 Å². The minimum atomic E-state index is 0.611. The van der Waals surface area contributed by atoms with Crippen LogP contribution in [-0.2, 0) is 6.42 Å². The maximum atomic E-state index is 3.87. The zero-order valence-corrected chi connectivity index (χ0v) is 13.5. The van der Waals surface area contributed by atoms with Gasteiger partial charge in [-0.2, -0.15) is 0 Å². The Hall–Kier alpha value is 0.140. The average molecular weight is 328 g/mol. The topological polar surface area (TPSA) is 12.0 Å². The zero-order valence-electron chi connectivity index (χ0n) is 11.1. The molecule has 1 heterocycles. The van der Waals surface area contributed by atoms with E-state index in [4.69, 9.17) is 0 Å². The number of aryl methyl sites for hydroxylation is 1. The third kappa shape index (κ3) is 2.41. The zero-order chi connectivity index (χ0) is 12.6. The molecule has 1 nitrogen and oxygen atoms in total. The highest BCUT2D eigenvalue weighted by atomic mass is 79.9. The lowest BCUT2D eigenvalue weighted by atomic mass is 9.67. The molecule has 18 heavy (non-hydrogen) atoms. The van der Waals surface area contributed by atoms with Crippen LogP contribution in [0.25, 0.3) is 0 Å². The minimum absolute atomic E-state index is 0.611. The fourth-order valence-corrected chi connectivity index (χ4v) is 5.22. The molecule has 0 radical (unpaired) electrons. The highest BCUT2D eigenvalue weighted by Gasteiger charge is 2.35. The number of halogens is 1. The summed E-state index contributed by atoms with van der Waals surface area (Å²) in [4.78, 5) is 1.60. The van der Waals surface area contributed by atoms with Crippen molar-refractivity contribution in [3.63, 3.8) is 0 Å². The normalized spacial score (nSPS) is 25.6. The molecule has 1 atom stereocenters. The summed E-state index contributed by atoms with van der Waals surface area (Å²) in [5.74, 6) is 0. The number of nitrogens with one attached hydrogen (secondary N) is 1. The molecule has 1 fully saturated rings. The third-order valence-corrected chi connectivity index (χ3v) is 6.68. The Morgan fingerprint density at radius 3 is 2.94 bits per heavy atom. The first-order chi connectivity index (χ1) is 8.72. The van der Waals surface area contributed by atoms with Gasteiger partial charge < -0.3 is 5.32 Å². The predicted octanol–water partition coefficient (Wildman–Crippen LogP) is 5.06. The fraction of sp³-hybridized carbons (Fsp3) is 0.733. The van der Waals surface area contributed by atoms with Gasteiger partial charge in [-0.25, -0.2) is 0 Å². The molecular weight excluding hydrogens is 306 g/mol. The number of rotatable bonds is 4. The van der Waals surface area contributed by atoms with Crippen LogP contribution in [-0.4, -0.2) is 6.54 Å². The smallest absolute Gasteiger partial charge is 0.0704 e. The third-order valence-electron chi connectivity index (χ3n) is 4.97. The summed E-state index contributed by atoms with van der Waals surface area (Å²) < 4.78 is 1.30. The maximum absolute atomic E-state index is 3.87. The predicted molar refractivity (Wildman–Crippen MR) is 82.3 cm³/mol. The molecular formula is C15H22BrNS. The molecule has 2 aliphatic carbocycles. The van der Waals surface area contributed by atoms with E-state index >= 15 is 0 Å². The maximum Gasteiger partial charge on any atom is 0.0704 e. The summed E-state index contributed by atoms with van der Waals surface area (Å²) in [6, 6.07) is 2.95. The molecule has 3 rings (SSSR count). The van der Waals surface area contributed by atoms with E-state index in [1.54, 1.807) is 10.4 Å². The SMILES string of the molecule is CCC1(CNC2CCCc3sc(Br)cc32)CCC1. The first kappa shape index (κ1) is 13.1. The summed E-state index contributed by atoms with van der Waals surface area (Å²) in [5.41, 5.74) is 2.20. The van der Waals surface area contributed by atoms with Crippen LogP contribution in [0.5, 0.6) is 0 Å². The van der Waals surface area contributed by atoms with Gasteiger partial charge >= 0.3 is 0 Å². The molecule has 1 saturated carbocycles. The second-order valence-electron chi connectivity index (χ2n) is 5.96. The van der Waals surface area contributed by atoms with Crippen LogP contribution < -0.4 is 5.32 Å². The van der Waals surface area contributed by atoms with Crippen LogP contribution in [0, 0.1) is 5.41 Å². The van der Waals surface area contributed by atoms with Crippen LogP contribution in [0.15, 0.2) is 9.85 Å². The number of hydrogen-bond acceptors (Lipinski definition) is 2. The van der Waals surface area contributed by atoms with Gasteiger partial charge in [-0.3, -0.25) is 0 Å². The molecule has 2 aliphatic rings. The molecule has 0 spiro atoms. The van der Waals surface area contributed by atoms with Gasteiger partial charge in [0.1, 0.15) is 0 Å². The summed E-state index contributed by atoms with van der Waals surface area (Å²) in [6.45, 7) is 3.58. The van der Waals surface area contributed by atoms with Crippen LogP contribution in [0.2, 0.25) is 0 Å². The van der Waals surface area contributed by atoms with Gasteiger partial charge in [0.2, 0.25) is 0 Å². The lowest BCUT2D eigenvalue weighted by Crippen LogP contribution is -2.41. The van der Waals surface area contributed by atoms with Gasteiger partial charge in [0, 0.05) is 17.5 Å². The molecule has 0 aliphatic heterocycles. The molecule has 0 amide bonds. The largest absolute Gasteiger partial charge is 0.309 e.